The minimum atomic E-state index is -0.906. The molecular weight excluding hydrogens is 320 g/mol. The second kappa shape index (κ2) is 7.36. The van der Waals surface area contributed by atoms with E-state index < -0.39 is 12.1 Å². The Morgan fingerprint density at radius 2 is 1.92 bits per heavy atom. The lowest BCUT2D eigenvalue weighted by Crippen LogP contribution is -2.36. The van der Waals surface area contributed by atoms with Crippen LogP contribution < -0.4 is 14.4 Å². The van der Waals surface area contributed by atoms with Gasteiger partial charge < -0.3 is 14.6 Å². The zero-order chi connectivity index (χ0) is 17.8. The molecule has 3 aromatic rings. The fraction of sp³-hybridized carbons (Fsp3) is 0.263. The molecule has 0 bridgehead atoms. The van der Waals surface area contributed by atoms with Crippen molar-refractivity contribution in [3.8, 4) is 5.75 Å². The highest BCUT2D eigenvalue weighted by Crippen LogP contribution is 2.14. The lowest BCUT2D eigenvalue weighted by Gasteiger charge is -2.20. The van der Waals surface area contributed by atoms with Crippen LogP contribution in [0.1, 0.15) is 10.4 Å². The number of ether oxygens (including phenoxy) is 2. The number of hydrogen-bond donors (Lipinski definition) is 0. The first-order valence-corrected chi connectivity index (χ1v) is 7.99. The van der Waals surface area contributed by atoms with Crippen molar-refractivity contribution in [2.75, 3.05) is 13.7 Å². The molecular formula is C19H20N2O4. The number of aryl methyl sites for hydroxylation is 1. The van der Waals surface area contributed by atoms with Gasteiger partial charge in [-0.3, -0.25) is 0 Å². The van der Waals surface area contributed by atoms with Gasteiger partial charge in [0, 0.05) is 0 Å². The highest BCUT2D eigenvalue weighted by Gasteiger charge is 2.13. The first kappa shape index (κ1) is 17.0. The number of aromatic nitrogens is 2. The van der Waals surface area contributed by atoms with Crippen LogP contribution >= 0.6 is 0 Å². The van der Waals surface area contributed by atoms with Crippen molar-refractivity contribution in [1.29, 1.82) is 0 Å². The maximum absolute atomic E-state index is 12.3. The molecule has 6 heteroatoms. The van der Waals surface area contributed by atoms with Crippen LogP contribution in [0.3, 0.4) is 0 Å². The minimum Gasteiger partial charge on any atom is -0.847 e. The number of carbonyl (C=O) groups excluding carboxylic acids is 1. The molecule has 0 spiro atoms. The predicted molar refractivity (Wildman–Crippen MR) is 90.2 cm³/mol. The smallest absolute Gasteiger partial charge is 0.337 e. The molecule has 0 aliphatic carbocycles. The third-order valence-electron chi connectivity index (χ3n) is 4.00. The molecule has 1 unspecified atom stereocenters. The van der Waals surface area contributed by atoms with Gasteiger partial charge >= 0.3 is 5.97 Å². The third-order valence-corrected chi connectivity index (χ3v) is 4.00. The van der Waals surface area contributed by atoms with Gasteiger partial charge in [0.15, 0.2) is 11.0 Å². The summed E-state index contributed by atoms with van der Waals surface area (Å²) in [7, 11) is 3.29. The van der Waals surface area contributed by atoms with Crippen molar-refractivity contribution in [2.45, 2.75) is 12.6 Å². The van der Waals surface area contributed by atoms with Crippen LogP contribution in [0, 0.1) is 0 Å². The van der Waals surface area contributed by atoms with Gasteiger partial charge in [0.25, 0.3) is 0 Å². The Balaban J connectivity index is 1.61. The van der Waals surface area contributed by atoms with Crippen LogP contribution in [-0.4, -0.2) is 30.4 Å². The zero-order valence-corrected chi connectivity index (χ0v) is 14.2. The summed E-state index contributed by atoms with van der Waals surface area (Å²) in [4.78, 5) is 11.4. The van der Waals surface area contributed by atoms with E-state index in [-0.39, 0.29) is 6.61 Å². The summed E-state index contributed by atoms with van der Waals surface area (Å²) in [5.41, 5.74) is 2.54. The fourth-order valence-electron chi connectivity index (χ4n) is 2.75. The Hall–Kier alpha value is -2.86. The molecule has 0 radical (unpaired) electrons. The predicted octanol–water partition coefficient (Wildman–Crippen LogP) is 1.06. The van der Waals surface area contributed by atoms with Crippen molar-refractivity contribution in [3.63, 3.8) is 0 Å². The van der Waals surface area contributed by atoms with Gasteiger partial charge in [-0.2, -0.15) is 0 Å². The van der Waals surface area contributed by atoms with Gasteiger partial charge in [0.1, 0.15) is 5.75 Å². The Kier molecular flexibility index (Phi) is 5.00. The maximum atomic E-state index is 12.3. The minimum absolute atomic E-state index is 0.0494. The van der Waals surface area contributed by atoms with Crippen LogP contribution in [0.25, 0.3) is 11.0 Å². The van der Waals surface area contributed by atoms with Gasteiger partial charge in [-0.05, 0) is 36.4 Å². The van der Waals surface area contributed by atoms with Crippen LogP contribution in [0.4, 0.5) is 0 Å². The molecule has 1 heterocycles. The quantitative estimate of drug-likeness (QED) is 0.497. The van der Waals surface area contributed by atoms with Gasteiger partial charge in [0.05, 0.1) is 32.9 Å². The van der Waals surface area contributed by atoms with Crippen molar-refractivity contribution in [3.05, 3.63) is 60.4 Å². The molecule has 0 aliphatic heterocycles. The molecule has 0 amide bonds. The first-order chi connectivity index (χ1) is 12.1. The van der Waals surface area contributed by atoms with Gasteiger partial charge in [-0.15, -0.1) is 0 Å². The highest BCUT2D eigenvalue weighted by molar-refractivity contribution is 5.89. The third kappa shape index (κ3) is 3.80. The second-order valence-electron chi connectivity index (χ2n) is 5.82. The molecule has 25 heavy (non-hydrogen) atoms. The van der Waals surface area contributed by atoms with Crippen LogP contribution in [0.5, 0.6) is 5.75 Å². The molecule has 0 fully saturated rings. The summed E-state index contributed by atoms with van der Waals surface area (Å²) < 4.78 is 14.1. The number of imidazole rings is 1. The summed E-state index contributed by atoms with van der Waals surface area (Å²) in [6.45, 7) is 0.370. The molecule has 1 aromatic heterocycles. The summed E-state index contributed by atoms with van der Waals surface area (Å²) in [5.74, 6) is 0.150. The fourth-order valence-corrected chi connectivity index (χ4v) is 2.75. The van der Waals surface area contributed by atoms with E-state index in [4.69, 9.17) is 4.74 Å². The number of fused-ring (bicyclic) bond motifs is 1. The van der Waals surface area contributed by atoms with Crippen LogP contribution in [-0.2, 0) is 18.3 Å². The van der Waals surface area contributed by atoms with Crippen molar-refractivity contribution in [2.24, 2.45) is 7.05 Å². The van der Waals surface area contributed by atoms with Gasteiger partial charge in [-0.1, -0.05) is 18.2 Å². The van der Waals surface area contributed by atoms with E-state index in [1.807, 2.05) is 46.8 Å². The number of hydrogen-bond acceptors (Lipinski definition) is 4. The average Bonchev–Trinajstić information content (AvgIpc) is 2.96. The summed E-state index contributed by atoms with van der Waals surface area (Å²) in [6, 6.07) is 14.5. The Morgan fingerprint density at radius 3 is 2.64 bits per heavy atom. The van der Waals surface area contributed by atoms with Gasteiger partial charge in [0.2, 0.25) is 6.33 Å². The molecule has 130 valence electrons. The number of carbonyl (C=O) groups is 1. The molecule has 0 saturated carbocycles. The van der Waals surface area contributed by atoms with E-state index in [0.29, 0.717) is 17.9 Å². The molecule has 1 atom stereocenters. The Labute approximate surface area is 145 Å². The Bertz CT molecular complexity index is 871. The lowest BCUT2D eigenvalue weighted by atomic mass is 10.2. The number of esters is 1. The highest BCUT2D eigenvalue weighted by atomic mass is 16.5. The molecule has 3 rings (SSSR count). The maximum Gasteiger partial charge on any atom is 0.337 e. The summed E-state index contributed by atoms with van der Waals surface area (Å²) in [5, 5.41) is 12.3. The number of benzene rings is 2. The second-order valence-corrected chi connectivity index (χ2v) is 5.82. The first-order valence-electron chi connectivity index (χ1n) is 7.99. The standard InChI is InChI=1S/C19H20N2O4/c1-20-13-21(18-6-4-3-5-17(18)20)11-15(22)12-25-16-9-7-14(8-10-16)19(23)24-2/h3-10,13,15H,11-12H2,1-2H3. The number of methoxy groups -OCH3 is 1. The van der Waals surface area contributed by atoms with E-state index in [1.54, 1.807) is 24.3 Å². The van der Waals surface area contributed by atoms with Crippen molar-refractivity contribution < 1.29 is 23.9 Å². The van der Waals surface area contributed by atoms with Crippen LogP contribution in [0.2, 0.25) is 0 Å². The van der Waals surface area contributed by atoms with E-state index in [9.17, 15) is 9.90 Å². The van der Waals surface area contributed by atoms with E-state index >= 15 is 0 Å². The van der Waals surface area contributed by atoms with E-state index in [0.717, 1.165) is 11.0 Å². The SMILES string of the molecule is COC(=O)c1ccc(OCC([O-])Cn2c[n+](C)c3ccccc32)cc1. The lowest BCUT2D eigenvalue weighted by molar-refractivity contribution is -0.646. The molecule has 0 saturated heterocycles. The molecule has 0 aliphatic rings. The Morgan fingerprint density at radius 1 is 1.20 bits per heavy atom. The molecule has 2 aromatic carbocycles. The summed E-state index contributed by atoms with van der Waals surface area (Å²) >= 11 is 0. The largest absolute Gasteiger partial charge is 0.847 e. The van der Waals surface area contributed by atoms with Crippen molar-refractivity contribution in [1.82, 2.24) is 4.57 Å². The van der Waals surface area contributed by atoms with Crippen LogP contribution in [0.15, 0.2) is 54.9 Å². The normalized spacial score (nSPS) is 12.1. The number of nitrogens with zero attached hydrogens (tertiary/aromatic N) is 2. The van der Waals surface area contributed by atoms with E-state index in [1.165, 1.54) is 7.11 Å². The average molecular weight is 340 g/mol. The summed E-state index contributed by atoms with van der Waals surface area (Å²) in [6.07, 6.45) is 1.01. The topological polar surface area (TPSA) is 67.4 Å². The molecule has 6 nitrogen and oxygen atoms in total. The number of para-hydroxylation sites is 2. The van der Waals surface area contributed by atoms with Crippen molar-refractivity contribution >= 4 is 17.0 Å². The van der Waals surface area contributed by atoms with Gasteiger partial charge in [-0.25, -0.2) is 13.9 Å². The number of rotatable bonds is 6. The zero-order valence-electron chi connectivity index (χ0n) is 14.2. The monoisotopic (exact) mass is 340 g/mol. The van der Waals surface area contributed by atoms with E-state index in [2.05, 4.69) is 4.74 Å². The molecule has 0 N–H and O–H groups in total.